The molecular weight excluding hydrogens is 372 g/mol. The van der Waals surface area contributed by atoms with Crippen LogP contribution in [-0.2, 0) is 9.53 Å². The van der Waals surface area contributed by atoms with Gasteiger partial charge in [-0.2, -0.15) is 0 Å². The fraction of sp³-hybridized carbons (Fsp3) is 0.889. The van der Waals surface area contributed by atoms with Crippen molar-refractivity contribution in [3.63, 3.8) is 0 Å². The molecule has 0 aromatic carbocycles. The molecule has 1 saturated heterocycles. The molecule has 1 aliphatic heterocycles. The van der Waals surface area contributed by atoms with Crippen LogP contribution in [0, 0.1) is 40.4 Å². The van der Waals surface area contributed by atoms with Crippen molar-refractivity contribution in [2.24, 2.45) is 40.4 Å². The highest BCUT2D eigenvalue weighted by Crippen LogP contribution is 2.69. The average molecular weight is 415 g/mol. The van der Waals surface area contributed by atoms with Gasteiger partial charge >= 0.3 is 0 Å². The van der Waals surface area contributed by atoms with Crippen LogP contribution >= 0.6 is 0 Å². The van der Waals surface area contributed by atoms with Crippen LogP contribution in [0.1, 0.15) is 92.4 Å². The lowest BCUT2D eigenvalue weighted by Crippen LogP contribution is -2.53. The van der Waals surface area contributed by atoms with Gasteiger partial charge in [0.05, 0.1) is 5.60 Å². The number of epoxide rings is 1. The summed E-state index contributed by atoms with van der Waals surface area (Å²) in [6.45, 7) is 11.4. The Morgan fingerprint density at radius 2 is 1.97 bits per heavy atom. The minimum atomic E-state index is -0.535. The summed E-state index contributed by atoms with van der Waals surface area (Å²) in [4.78, 5) is 12.3. The molecule has 4 aliphatic carbocycles. The maximum absolute atomic E-state index is 12.3. The molecule has 5 aliphatic rings. The van der Waals surface area contributed by atoms with Crippen molar-refractivity contribution >= 4 is 5.78 Å². The van der Waals surface area contributed by atoms with E-state index in [0.717, 1.165) is 42.9 Å². The number of fused-ring (bicyclic) bond motifs is 7. The van der Waals surface area contributed by atoms with Gasteiger partial charge in [-0.05, 0) is 99.9 Å². The Balaban J connectivity index is 1.32. The molecule has 30 heavy (non-hydrogen) atoms. The molecule has 0 bridgehead atoms. The van der Waals surface area contributed by atoms with E-state index < -0.39 is 5.60 Å². The van der Waals surface area contributed by atoms with E-state index in [4.69, 9.17) is 4.74 Å². The number of ether oxygens (including phenoxy) is 1. The molecule has 3 nitrogen and oxygen atoms in total. The fourth-order valence-corrected chi connectivity index (χ4v) is 8.96. The van der Waals surface area contributed by atoms with E-state index in [1.807, 2.05) is 19.9 Å². The first-order valence-corrected chi connectivity index (χ1v) is 12.7. The molecular formula is C27H42O3. The van der Waals surface area contributed by atoms with Gasteiger partial charge < -0.3 is 9.84 Å². The summed E-state index contributed by atoms with van der Waals surface area (Å²) < 4.78 is 5.96. The largest absolute Gasteiger partial charge is 0.390 e. The third-order valence-electron chi connectivity index (χ3n) is 10.5. The third kappa shape index (κ3) is 3.09. The smallest absolute Gasteiger partial charge is 0.187 e. The van der Waals surface area contributed by atoms with Gasteiger partial charge in [-0.1, -0.05) is 39.2 Å². The number of ketones is 1. The molecule has 9 atom stereocenters. The van der Waals surface area contributed by atoms with Crippen LogP contribution in [0.25, 0.3) is 0 Å². The Hall–Kier alpha value is -0.670. The topological polar surface area (TPSA) is 49.8 Å². The lowest BCUT2D eigenvalue weighted by molar-refractivity contribution is -0.116. The molecule has 0 amide bonds. The Morgan fingerprint density at radius 1 is 1.20 bits per heavy atom. The predicted octanol–water partition coefficient (Wildman–Crippen LogP) is 5.70. The number of carbonyl (C=O) groups excluding carboxylic acids is 1. The number of carbonyl (C=O) groups is 1. The van der Waals surface area contributed by atoms with Gasteiger partial charge in [0.2, 0.25) is 0 Å². The molecule has 0 radical (unpaired) electrons. The Bertz CT molecular complexity index is 748. The van der Waals surface area contributed by atoms with E-state index in [1.165, 1.54) is 44.1 Å². The molecule has 4 fully saturated rings. The van der Waals surface area contributed by atoms with Crippen molar-refractivity contribution in [3.05, 3.63) is 11.6 Å². The zero-order valence-corrected chi connectivity index (χ0v) is 19.7. The highest BCUT2D eigenvalue weighted by Gasteiger charge is 2.67. The predicted molar refractivity (Wildman–Crippen MR) is 119 cm³/mol. The van der Waals surface area contributed by atoms with Crippen LogP contribution in [-0.4, -0.2) is 28.7 Å². The second kappa shape index (κ2) is 6.91. The highest BCUT2D eigenvalue weighted by molar-refractivity contribution is 5.98. The van der Waals surface area contributed by atoms with Gasteiger partial charge in [0, 0.05) is 5.41 Å². The highest BCUT2D eigenvalue weighted by atomic mass is 16.6. The molecule has 3 heteroatoms. The lowest BCUT2D eigenvalue weighted by atomic mass is 9.46. The monoisotopic (exact) mass is 414 g/mol. The van der Waals surface area contributed by atoms with E-state index in [2.05, 4.69) is 20.8 Å². The van der Waals surface area contributed by atoms with Gasteiger partial charge in [-0.3, -0.25) is 4.79 Å². The first-order valence-electron chi connectivity index (χ1n) is 12.7. The Morgan fingerprint density at radius 3 is 2.70 bits per heavy atom. The average Bonchev–Trinajstić information content (AvgIpc) is 3.39. The summed E-state index contributed by atoms with van der Waals surface area (Å²) in [5, 5.41) is 10.1. The summed E-state index contributed by atoms with van der Waals surface area (Å²) in [6, 6.07) is 0. The van der Waals surface area contributed by atoms with Crippen molar-refractivity contribution in [3.8, 4) is 0 Å². The maximum Gasteiger partial charge on any atom is 0.187 e. The van der Waals surface area contributed by atoms with Crippen LogP contribution in [0.5, 0.6) is 0 Å². The van der Waals surface area contributed by atoms with Crippen molar-refractivity contribution in [2.45, 2.75) is 110 Å². The van der Waals surface area contributed by atoms with Crippen LogP contribution in [0.3, 0.4) is 0 Å². The van der Waals surface area contributed by atoms with Gasteiger partial charge in [0.1, 0.15) is 12.2 Å². The number of aliphatic hydroxyl groups is 1. The Kier molecular flexibility index (Phi) is 4.88. The van der Waals surface area contributed by atoms with Crippen LogP contribution < -0.4 is 0 Å². The maximum atomic E-state index is 12.3. The zero-order chi connectivity index (χ0) is 21.5. The molecule has 168 valence electrons. The number of hydrogen-bond acceptors (Lipinski definition) is 3. The van der Waals surface area contributed by atoms with Gasteiger partial charge in [0.25, 0.3) is 0 Å². The van der Waals surface area contributed by atoms with Gasteiger partial charge in [-0.15, -0.1) is 0 Å². The standard InChI is InChI=1S/C27H42O3/c1-16(7-6-13-25(2,3)29)19-10-11-20-18-9-8-17-15-22(28)23-24(30-23)27(17,5)21(18)12-14-26(19,20)4/h15-16,18-21,23-24,29H,6-14H2,1-5H3/t16-,18+,19-,20+,21+,23+,24+,26-,27+/m1/s1. The molecule has 1 N–H and O–H groups in total. The van der Waals surface area contributed by atoms with E-state index >= 15 is 0 Å². The van der Waals surface area contributed by atoms with Gasteiger partial charge in [0.15, 0.2) is 5.78 Å². The Labute approximate surface area is 183 Å². The van der Waals surface area contributed by atoms with Gasteiger partial charge in [-0.25, -0.2) is 0 Å². The van der Waals surface area contributed by atoms with E-state index in [0.29, 0.717) is 11.3 Å². The summed E-state index contributed by atoms with van der Waals surface area (Å²) in [5.41, 5.74) is 1.46. The molecule has 3 saturated carbocycles. The number of hydrogen-bond donors (Lipinski definition) is 1. The number of rotatable bonds is 5. The van der Waals surface area contributed by atoms with Crippen molar-refractivity contribution in [2.75, 3.05) is 0 Å². The molecule has 0 aromatic rings. The summed E-state index contributed by atoms with van der Waals surface area (Å²) in [7, 11) is 0. The van der Waals surface area contributed by atoms with Crippen LogP contribution in [0.4, 0.5) is 0 Å². The van der Waals surface area contributed by atoms with Crippen molar-refractivity contribution in [1.29, 1.82) is 0 Å². The fourth-order valence-electron chi connectivity index (χ4n) is 8.96. The zero-order valence-electron chi connectivity index (χ0n) is 19.7. The molecule has 0 unspecified atom stereocenters. The SMILES string of the molecule is C[C@H](CCCC(C)(C)O)[C@H]1CC[C@H]2[C@@H]3CCC4=CC(=O)[C@@H]5O[C@@H]5[C@]4(C)[C@H]3CC[C@]12C. The second-order valence-corrected chi connectivity index (χ2v) is 12.7. The third-order valence-corrected chi connectivity index (χ3v) is 10.5. The van der Waals surface area contributed by atoms with Crippen LogP contribution in [0.15, 0.2) is 11.6 Å². The lowest BCUT2D eigenvalue weighted by Gasteiger charge is -2.58. The van der Waals surface area contributed by atoms with Crippen LogP contribution in [0.2, 0.25) is 0 Å². The van der Waals surface area contributed by atoms with E-state index in [-0.39, 0.29) is 23.4 Å². The van der Waals surface area contributed by atoms with E-state index in [1.54, 1.807) is 0 Å². The summed E-state index contributed by atoms with van der Waals surface area (Å²) >= 11 is 0. The van der Waals surface area contributed by atoms with Crippen molar-refractivity contribution in [1.82, 2.24) is 0 Å². The first-order chi connectivity index (χ1) is 14.1. The molecule has 5 rings (SSSR count). The van der Waals surface area contributed by atoms with Crippen molar-refractivity contribution < 1.29 is 14.6 Å². The summed E-state index contributed by atoms with van der Waals surface area (Å²) in [6.07, 6.45) is 13.1. The normalized spacial score (nSPS) is 48.2. The minimum Gasteiger partial charge on any atom is -0.390 e. The first kappa shape index (κ1) is 21.2. The molecule has 0 spiro atoms. The molecule has 0 aromatic heterocycles. The summed E-state index contributed by atoms with van der Waals surface area (Å²) in [5.74, 6) is 4.14. The van der Waals surface area contributed by atoms with E-state index in [9.17, 15) is 9.90 Å². The quantitative estimate of drug-likeness (QED) is 0.587. The minimum absolute atomic E-state index is 0.110. The molecule has 1 heterocycles. The second-order valence-electron chi connectivity index (χ2n) is 12.7.